The van der Waals surface area contributed by atoms with Crippen molar-refractivity contribution >= 4 is 0 Å². The van der Waals surface area contributed by atoms with E-state index in [1.54, 1.807) is 0 Å². The molecular weight excluding hydrogens is 202 g/mol. The molecule has 1 aromatic heterocycles. The molecule has 2 rings (SSSR count). The largest absolute Gasteiger partial charge is 0.345 e. The summed E-state index contributed by atoms with van der Waals surface area (Å²) in [6, 6.07) is 1.99. The lowest BCUT2D eigenvalue weighted by Crippen LogP contribution is -2.23. The fourth-order valence-corrected chi connectivity index (χ4v) is 2.51. The molecule has 0 aliphatic heterocycles. The first-order valence-corrected chi connectivity index (χ1v) is 5.97. The standard InChI is InChI=1S/C12H19N3O/c1-8-6-11(15-12(16)14-8)10-4-2-9(7-13)3-5-10/h6,9-10H,2-5,7,13H2,1H3,(H,14,15,16). The van der Waals surface area contributed by atoms with Gasteiger partial charge in [0.25, 0.3) is 0 Å². The Hall–Kier alpha value is -1.16. The molecule has 0 saturated heterocycles. The first-order valence-electron chi connectivity index (χ1n) is 5.97. The Labute approximate surface area is 95.3 Å². The SMILES string of the molecule is Cc1cc(C2CCC(CN)CC2)nc(=O)[nH]1. The molecule has 1 aliphatic carbocycles. The molecule has 0 radical (unpaired) electrons. The Morgan fingerprint density at radius 1 is 1.44 bits per heavy atom. The van der Waals surface area contributed by atoms with E-state index < -0.39 is 0 Å². The predicted octanol–water partition coefficient (Wildman–Crippen LogP) is 1.31. The van der Waals surface area contributed by atoms with Crippen LogP contribution >= 0.6 is 0 Å². The first kappa shape index (κ1) is 11.3. The van der Waals surface area contributed by atoms with Gasteiger partial charge in [0.15, 0.2) is 0 Å². The number of nitrogens with one attached hydrogen (secondary N) is 1. The van der Waals surface area contributed by atoms with Gasteiger partial charge in [0.1, 0.15) is 0 Å². The van der Waals surface area contributed by atoms with Crippen LogP contribution in [-0.2, 0) is 0 Å². The first-order chi connectivity index (χ1) is 7.69. The molecule has 0 atom stereocenters. The fourth-order valence-electron chi connectivity index (χ4n) is 2.51. The van der Waals surface area contributed by atoms with Gasteiger partial charge in [-0.3, -0.25) is 0 Å². The second kappa shape index (κ2) is 4.78. The molecule has 1 saturated carbocycles. The van der Waals surface area contributed by atoms with Crippen molar-refractivity contribution in [1.82, 2.24) is 9.97 Å². The summed E-state index contributed by atoms with van der Waals surface area (Å²) < 4.78 is 0. The van der Waals surface area contributed by atoms with Crippen LogP contribution < -0.4 is 11.4 Å². The maximum atomic E-state index is 11.3. The lowest BCUT2D eigenvalue weighted by molar-refractivity contribution is 0.329. The molecule has 1 aromatic rings. The van der Waals surface area contributed by atoms with Crippen molar-refractivity contribution in [1.29, 1.82) is 0 Å². The minimum absolute atomic E-state index is 0.226. The van der Waals surface area contributed by atoms with Crippen LogP contribution in [0.4, 0.5) is 0 Å². The number of aryl methyl sites for hydroxylation is 1. The summed E-state index contributed by atoms with van der Waals surface area (Å²) in [5.74, 6) is 1.11. The van der Waals surface area contributed by atoms with Crippen LogP contribution in [0, 0.1) is 12.8 Å². The van der Waals surface area contributed by atoms with Crippen LogP contribution in [0.1, 0.15) is 43.0 Å². The highest BCUT2D eigenvalue weighted by molar-refractivity contribution is 5.12. The zero-order chi connectivity index (χ0) is 11.5. The molecular formula is C12H19N3O. The highest BCUT2D eigenvalue weighted by atomic mass is 16.1. The average Bonchev–Trinajstić information content (AvgIpc) is 2.28. The van der Waals surface area contributed by atoms with E-state index in [0.29, 0.717) is 11.8 Å². The quantitative estimate of drug-likeness (QED) is 0.791. The van der Waals surface area contributed by atoms with Gasteiger partial charge in [0.2, 0.25) is 0 Å². The van der Waals surface area contributed by atoms with E-state index in [1.165, 1.54) is 0 Å². The molecule has 0 bridgehead atoms. The highest BCUT2D eigenvalue weighted by Gasteiger charge is 2.22. The Morgan fingerprint density at radius 2 is 2.12 bits per heavy atom. The number of H-pyrrole nitrogens is 1. The third-order valence-electron chi connectivity index (χ3n) is 3.50. The number of aromatic nitrogens is 2. The van der Waals surface area contributed by atoms with Gasteiger partial charge in [-0.1, -0.05) is 0 Å². The number of hydrogen-bond acceptors (Lipinski definition) is 3. The van der Waals surface area contributed by atoms with E-state index in [2.05, 4.69) is 9.97 Å². The second-order valence-electron chi connectivity index (χ2n) is 4.75. The van der Waals surface area contributed by atoms with Crippen molar-refractivity contribution < 1.29 is 0 Å². The van der Waals surface area contributed by atoms with E-state index in [0.717, 1.165) is 43.6 Å². The Bertz CT molecular complexity index is 405. The van der Waals surface area contributed by atoms with Gasteiger partial charge in [0, 0.05) is 11.6 Å². The average molecular weight is 221 g/mol. The van der Waals surface area contributed by atoms with Crippen LogP contribution in [0.2, 0.25) is 0 Å². The van der Waals surface area contributed by atoms with Crippen LogP contribution in [0.5, 0.6) is 0 Å². The van der Waals surface area contributed by atoms with E-state index in [9.17, 15) is 4.79 Å². The third kappa shape index (κ3) is 2.50. The Balaban J connectivity index is 2.11. The van der Waals surface area contributed by atoms with Crippen molar-refractivity contribution in [2.75, 3.05) is 6.54 Å². The lowest BCUT2D eigenvalue weighted by Gasteiger charge is -2.27. The van der Waals surface area contributed by atoms with Gasteiger partial charge in [-0.15, -0.1) is 0 Å². The van der Waals surface area contributed by atoms with Gasteiger partial charge in [-0.2, -0.15) is 4.98 Å². The molecule has 4 nitrogen and oxygen atoms in total. The summed E-state index contributed by atoms with van der Waals surface area (Å²) in [5.41, 5.74) is 7.29. The molecule has 88 valence electrons. The Morgan fingerprint density at radius 3 is 2.69 bits per heavy atom. The summed E-state index contributed by atoms with van der Waals surface area (Å²) in [6.07, 6.45) is 4.54. The normalized spacial score (nSPS) is 25.6. The minimum atomic E-state index is -0.226. The number of hydrogen-bond donors (Lipinski definition) is 2. The number of aromatic amines is 1. The van der Waals surface area contributed by atoms with Crippen molar-refractivity contribution in [3.63, 3.8) is 0 Å². The molecule has 0 spiro atoms. The van der Waals surface area contributed by atoms with Gasteiger partial charge in [-0.25, -0.2) is 4.79 Å². The van der Waals surface area contributed by atoms with Crippen LogP contribution in [-0.4, -0.2) is 16.5 Å². The molecule has 0 unspecified atom stereocenters. The van der Waals surface area contributed by atoms with Crippen LogP contribution in [0.15, 0.2) is 10.9 Å². The molecule has 0 amide bonds. The van der Waals surface area contributed by atoms with Crippen molar-refractivity contribution in [3.8, 4) is 0 Å². The summed E-state index contributed by atoms with van der Waals surface area (Å²) >= 11 is 0. The molecule has 3 N–H and O–H groups in total. The molecule has 4 heteroatoms. The number of nitrogens with two attached hydrogens (primary N) is 1. The zero-order valence-electron chi connectivity index (χ0n) is 9.70. The second-order valence-corrected chi connectivity index (χ2v) is 4.75. The summed E-state index contributed by atoms with van der Waals surface area (Å²) in [6.45, 7) is 2.69. The molecule has 1 fully saturated rings. The Kier molecular flexibility index (Phi) is 3.39. The van der Waals surface area contributed by atoms with E-state index in [-0.39, 0.29) is 5.69 Å². The maximum Gasteiger partial charge on any atom is 0.345 e. The predicted molar refractivity (Wildman–Crippen MR) is 63.3 cm³/mol. The van der Waals surface area contributed by atoms with Gasteiger partial charge < -0.3 is 10.7 Å². The van der Waals surface area contributed by atoms with Crippen LogP contribution in [0.3, 0.4) is 0 Å². The van der Waals surface area contributed by atoms with Crippen molar-refractivity contribution in [2.45, 2.75) is 38.5 Å². The summed E-state index contributed by atoms with van der Waals surface area (Å²) in [5, 5.41) is 0. The monoisotopic (exact) mass is 221 g/mol. The molecule has 1 aliphatic rings. The number of nitrogens with zero attached hydrogens (tertiary/aromatic N) is 1. The van der Waals surface area contributed by atoms with E-state index in [1.807, 2.05) is 13.0 Å². The molecule has 1 heterocycles. The van der Waals surface area contributed by atoms with Gasteiger partial charge in [-0.05, 0) is 51.1 Å². The van der Waals surface area contributed by atoms with Gasteiger partial charge >= 0.3 is 5.69 Å². The fraction of sp³-hybridized carbons (Fsp3) is 0.667. The smallest absolute Gasteiger partial charge is 0.330 e. The summed E-state index contributed by atoms with van der Waals surface area (Å²) in [7, 11) is 0. The summed E-state index contributed by atoms with van der Waals surface area (Å²) in [4.78, 5) is 18.0. The topological polar surface area (TPSA) is 71.8 Å². The minimum Gasteiger partial charge on any atom is -0.330 e. The highest BCUT2D eigenvalue weighted by Crippen LogP contribution is 2.34. The maximum absolute atomic E-state index is 11.3. The molecule has 16 heavy (non-hydrogen) atoms. The number of rotatable bonds is 2. The third-order valence-corrected chi connectivity index (χ3v) is 3.50. The lowest BCUT2D eigenvalue weighted by atomic mass is 9.80. The van der Waals surface area contributed by atoms with Crippen LogP contribution in [0.25, 0.3) is 0 Å². The zero-order valence-corrected chi connectivity index (χ0v) is 9.70. The van der Waals surface area contributed by atoms with Crippen molar-refractivity contribution in [2.24, 2.45) is 11.7 Å². The van der Waals surface area contributed by atoms with Crippen molar-refractivity contribution in [3.05, 3.63) is 27.9 Å². The van der Waals surface area contributed by atoms with Gasteiger partial charge in [0.05, 0.1) is 5.69 Å². The van der Waals surface area contributed by atoms with E-state index in [4.69, 9.17) is 5.73 Å². The molecule has 0 aromatic carbocycles. The van der Waals surface area contributed by atoms with E-state index >= 15 is 0 Å².